The Morgan fingerprint density at radius 2 is 2.05 bits per heavy atom. The molecule has 1 aromatic carbocycles. The van der Waals surface area contributed by atoms with Crippen LogP contribution < -0.4 is 5.43 Å². The lowest BCUT2D eigenvalue weighted by atomic mass is 10.2. The number of hydrogen-bond donors (Lipinski definition) is 1. The molecular weight excluding hydrogens is 254 g/mol. The van der Waals surface area contributed by atoms with Crippen molar-refractivity contribution in [2.75, 3.05) is 0 Å². The Hall–Kier alpha value is -2.14. The van der Waals surface area contributed by atoms with Crippen molar-refractivity contribution in [2.24, 2.45) is 0 Å². The van der Waals surface area contributed by atoms with Crippen molar-refractivity contribution in [1.82, 2.24) is 15.6 Å². The molecule has 5 heteroatoms. The van der Waals surface area contributed by atoms with Gasteiger partial charge in [0.25, 0.3) is 5.91 Å². The van der Waals surface area contributed by atoms with Crippen molar-refractivity contribution < 1.29 is 9.32 Å². The monoisotopic (exact) mass is 273 g/mol. The van der Waals surface area contributed by atoms with Crippen LogP contribution in [0.3, 0.4) is 0 Å². The summed E-state index contributed by atoms with van der Waals surface area (Å²) in [5.41, 5.74) is 4.57. The summed E-state index contributed by atoms with van der Waals surface area (Å²) in [6, 6.07) is 11.6. The first-order valence-corrected chi connectivity index (χ1v) is 6.62. The molecule has 0 saturated heterocycles. The number of rotatable bonds is 5. The van der Waals surface area contributed by atoms with Crippen molar-refractivity contribution in [2.45, 2.75) is 33.4 Å². The maximum absolute atomic E-state index is 12.4. The van der Waals surface area contributed by atoms with E-state index in [4.69, 9.17) is 4.52 Å². The van der Waals surface area contributed by atoms with Crippen LogP contribution in [0.2, 0.25) is 0 Å². The highest BCUT2D eigenvalue weighted by molar-refractivity contribution is 5.92. The average Bonchev–Trinajstić information content (AvgIpc) is 2.86. The highest BCUT2D eigenvalue weighted by Crippen LogP contribution is 2.08. The molecule has 1 aromatic heterocycles. The Kier molecular flexibility index (Phi) is 4.53. The SMILES string of the molecule is Cc1cc(C(=O)N(NCc2ccccc2)C(C)C)no1. The predicted molar refractivity (Wildman–Crippen MR) is 75.8 cm³/mol. The zero-order chi connectivity index (χ0) is 14.5. The number of carbonyl (C=O) groups excluding carboxylic acids is 1. The molecule has 0 atom stereocenters. The van der Waals surface area contributed by atoms with E-state index in [0.717, 1.165) is 5.56 Å². The molecule has 0 unspecified atom stereocenters. The van der Waals surface area contributed by atoms with Crippen molar-refractivity contribution >= 4 is 5.91 Å². The molecule has 0 saturated carbocycles. The molecular formula is C15H19N3O2. The van der Waals surface area contributed by atoms with E-state index in [-0.39, 0.29) is 11.9 Å². The van der Waals surface area contributed by atoms with E-state index in [1.54, 1.807) is 18.0 Å². The molecule has 0 fully saturated rings. The van der Waals surface area contributed by atoms with Gasteiger partial charge in [-0.05, 0) is 26.3 Å². The third kappa shape index (κ3) is 3.45. The maximum Gasteiger partial charge on any atom is 0.290 e. The maximum atomic E-state index is 12.4. The van der Waals surface area contributed by atoms with Crippen molar-refractivity contribution in [1.29, 1.82) is 0 Å². The van der Waals surface area contributed by atoms with E-state index in [0.29, 0.717) is 18.0 Å². The Balaban J connectivity index is 2.05. The van der Waals surface area contributed by atoms with Crippen LogP contribution in [-0.2, 0) is 6.54 Å². The van der Waals surface area contributed by atoms with Crippen LogP contribution >= 0.6 is 0 Å². The van der Waals surface area contributed by atoms with Gasteiger partial charge in [0.2, 0.25) is 0 Å². The van der Waals surface area contributed by atoms with Crippen molar-refractivity contribution in [3.8, 4) is 0 Å². The molecule has 0 radical (unpaired) electrons. The molecule has 0 spiro atoms. The number of carbonyl (C=O) groups is 1. The minimum atomic E-state index is -0.187. The molecule has 20 heavy (non-hydrogen) atoms. The number of aryl methyl sites for hydroxylation is 1. The third-order valence-electron chi connectivity index (χ3n) is 2.88. The Bertz CT molecular complexity index is 564. The van der Waals surface area contributed by atoms with Crippen LogP contribution in [0.15, 0.2) is 40.9 Å². The standard InChI is InChI=1S/C15H19N3O2/c1-11(2)18(15(19)14-9-12(3)20-17-14)16-10-13-7-5-4-6-8-13/h4-9,11,16H,10H2,1-3H3. The van der Waals surface area contributed by atoms with Crippen molar-refractivity contribution in [3.05, 3.63) is 53.4 Å². The Morgan fingerprint density at radius 3 is 2.60 bits per heavy atom. The van der Waals surface area contributed by atoms with E-state index in [1.807, 2.05) is 44.2 Å². The first kappa shape index (κ1) is 14.3. The number of nitrogens with one attached hydrogen (secondary N) is 1. The fourth-order valence-electron chi connectivity index (χ4n) is 1.85. The molecule has 1 N–H and O–H groups in total. The molecule has 1 amide bonds. The molecule has 0 aliphatic heterocycles. The quantitative estimate of drug-likeness (QED) is 0.850. The molecule has 0 bridgehead atoms. The van der Waals surface area contributed by atoms with Gasteiger partial charge in [-0.3, -0.25) is 9.80 Å². The van der Waals surface area contributed by atoms with E-state index < -0.39 is 0 Å². The van der Waals surface area contributed by atoms with Gasteiger partial charge < -0.3 is 4.52 Å². The fraction of sp³-hybridized carbons (Fsp3) is 0.333. The van der Waals surface area contributed by atoms with E-state index in [1.165, 1.54) is 0 Å². The number of benzene rings is 1. The van der Waals surface area contributed by atoms with Crippen LogP contribution in [0.4, 0.5) is 0 Å². The van der Waals surface area contributed by atoms with E-state index in [2.05, 4.69) is 10.6 Å². The third-order valence-corrected chi connectivity index (χ3v) is 2.88. The van der Waals surface area contributed by atoms with Gasteiger partial charge >= 0.3 is 0 Å². The average molecular weight is 273 g/mol. The van der Waals surface area contributed by atoms with Gasteiger partial charge in [0.15, 0.2) is 5.69 Å². The zero-order valence-electron chi connectivity index (χ0n) is 12.0. The van der Waals surface area contributed by atoms with Crippen LogP contribution in [0.1, 0.15) is 35.7 Å². The van der Waals surface area contributed by atoms with Crippen LogP contribution in [0.25, 0.3) is 0 Å². The lowest BCUT2D eigenvalue weighted by molar-refractivity contribution is 0.0565. The van der Waals surface area contributed by atoms with Gasteiger partial charge in [-0.2, -0.15) is 0 Å². The van der Waals surface area contributed by atoms with Crippen molar-refractivity contribution in [3.63, 3.8) is 0 Å². The normalized spacial score (nSPS) is 10.8. The first-order chi connectivity index (χ1) is 9.58. The van der Waals surface area contributed by atoms with Gasteiger partial charge in [0.05, 0.1) is 0 Å². The van der Waals surface area contributed by atoms with Crippen LogP contribution in [-0.4, -0.2) is 22.1 Å². The number of hydrazine groups is 1. The highest BCUT2D eigenvalue weighted by atomic mass is 16.5. The molecule has 0 aliphatic carbocycles. The Labute approximate surface area is 118 Å². The largest absolute Gasteiger partial charge is 0.361 e. The van der Waals surface area contributed by atoms with Gasteiger partial charge in [-0.1, -0.05) is 35.5 Å². The lowest BCUT2D eigenvalue weighted by Crippen LogP contribution is -2.47. The summed E-state index contributed by atoms with van der Waals surface area (Å²) in [5.74, 6) is 0.438. The molecule has 106 valence electrons. The molecule has 2 aromatic rings. The number of hydrogen-bond acceptors (Lipinski definition) is 4. The lowest BCUT2D eigenvalue weighted by Gasteiger charge is -2.26. The zero-order valence-corrected chi connectivity index (χ0v) is 12.0. The Morgan fingerprint density at radius 1 is 1.35 bits per heavy atom. The fourth-order valence-corrected chi connectivity index (χ4v) is 1.85. The minimum absolute atomic E-state index is 0.0169. The molecule has 2 rings (SSSR count). The summed E-state index contributed by atoms with van der Waals surface area (Å²) in [5, 5.41) is 5.34. The molecule has 0 aliphatic rings. The summed E-state index contributed by atoms with van der Waals surface area (Å²) in [4.78, 5) is 12.4. The number of amides is 1. The second-order valence-corrected chi connectivity index (χ2v) is 4.91. The van der Waals surface area contributed by atoms with Gasteiger partial charge in [0, 0.05) is 18.7 Å². The minimum Gasteiger partial charge on any atom is -0.361 e. The van der Waals surface area contributed by atoms with E-state index in [9.17, 15) is 4.79 Å². The number of nitrogens with zero attached hydrogens (tertiary/aromatic N) is 2. The first-order valence-electron chi connectivity index (χ1n) is 6.62. The smallest absolute Gasteiger partial charge is 0.290 e. The van der Waals surface area contributed by atoms with Crippen LogP contribution in [0.5, 0.6) is 0 Å². The second-order valence-electron chi connectivity index (χ2n) is 4.91. The van der Waals surface area contributed by atoms with Crippen LogP contribution in [0, 0.1) is 6.92 Å². The molecule has 1 heterocycles. The predicted octanol–water partition coefficient (Wildman–Crippen LogP) is 2.54. The summed E-state index contributed by atoms with van der Waals surface area (Å²) in [7, 11) is 0. The van der Waals surface area contributed by atoms with Gasteiger partial charge in [-0.15, -0.1) is 0 Å². The summed E-state index contributed by atoms with van der Waals surface area (Å²) in [6.07, 6.45) is 0. The van der Waals surface area contributed by atoms with Gasteiger partial charge in [0.1, 0.15) is 5.76 Å². The summed E-state index contributed by atoms with van der Waals surface area (Å²) < 4.78 is 4.95. The highest BCUT2D eigenvalue weighted by Gasteiger charge is 2.21. The summed E-state index contributed by atoms with van der Waals surface area (Å²) >= 11 is 0. The molecule has 5 nitrogen and oxygen atoms in total. The summed E-state index contributed by atoms with van der Waals surface area (Å²) in [6.45, 7) is 6.24. The van der Waals surface area contributed by atoms with Gasteiger partial charge in [-0.25, -0.2) is 5.43 Å². The van der Waals surface area contributed by atoms with E-state index >= 15 is 0 Å². The second kappa shape index (κ2) is 6.34. The topological polar surface area (TPSA) is 58.4 Å². The number of aromatic nitrogens is 1.